The van der Waals surface area contributed by atoms with E-state index in [-0.39, 0.29) is 5.91 Å². The number of methoxy groups -OCH3 is 1. The van der Waals surface area contributed by atoms with Crippen LogP contribution in [-0.2, 0) is 17.8 Å². The van der Waals surface area contributed by atoms with Crippen molar-refractivity contribution < 1.29 is 13.9 Å². The molecule has 1 aliphatic rings. The van der Waals surface area contributed by atoms with Gasteiger partial charge in [0.05, 0.1) is 13.4 Å². The summed E-state index contributed by atoms with van der Waals surface area (Å²) in [5, 5.41) is 1.02. The molecule has 2 heterocycles. The molecular formula is C29H27NO3. The molecule has 4 heteroatoms. The van der Waals surface area contributed by atoms with Gasteiger partial charge in [0.15, 0.2) is 0 Å². The Labute approximate surface area is 194 Å². The number of furan rings is 1. The van der Waals surface area contributed by atoms with E-state index in [4.69, 9.17) is 9.15 Å². The Bertz CT molecular complexity index is 1360. The number of benzene rings is 3. The average molecular weight is 438 g/mol. The normalized spacial score (nSPS) is 13.8. The Hall–Kier alpha value is -3.79. The Morgan fingerprint density at radius 2 is 1.79 bits per heavy atom. The lowest BCUT2D eigenvalue weighted by Gasteiger charge is -2.28. The van der Waals surface area contributed by atoms with E-state index in [9.17, 15) is 4.79 Å². The first-order chi connectivity index (χ1) is 16.1. The molecule has 0 spiro atoms. The minimum atomic E-state index is 0.0253. The Morgan fingerprint density at radius 1 is 1.06 bits per heavy atom. The van der Waals surface area contributed by atoms with Crippen LogP contribution in [0.2, 0.25) is 0 Å². The molecule has 0 saturated carbocycles. The fraction of sp³-hybridized carbons (Fsp3) is 0.207. The van der Waals surface area contributed by atoms with Crippen LogP contribution in [0.3, 0.4) is 0 Å². The van der Waals surface area contributed by atoms with Crippen molar-refractivity contribution in [3.05, 3.63) is 95.3 Å². The second kappa shape index (κ2) is 8.62. The van der Waals surface area contributed by atoms with Gasteiger partial charge in [0.2, 0.25) is 5.91 Å². The molecule has 0 atom stereocenters. The lowest BCUT2D eigenvalue weighted by atomic mass is 9.96. The van der Waals surface area contributed by atoms with Crippen LogP contribution in [0, 0.1) is 6.92 Å². The number of hydrogen-bond donors (Lipinski definition) is 0. The average Bonchev–Trinajstić information content (AvgIpc) is 3.28. The van der Waals surface area contributed by atoms with Crippen molar-refractivity contribution in [2.75, 3.05) is 13.7 Å². The number of fused-ring (bicyclic) bond motifs is 2. The Balaban J connectivity index is 1.53. The van der Waals surface area contributed by atoms with Crippen LogP contribution >= 0.6 is 0 Å². The predicted molar refractivity (Wildman–Crippen MR) is 132 cm³/mol. The van der Waals surface area contributed by atoms with Crippen LogP contribution in [0.5, 0.6) is 5.75 Å². The van der Waals surface area contributed by atoms with Gasteiger partial charge in [-0.25, -0.2) is 0 Å². The zero-order chi connectivity index (χ0) is 22.9. The number of nitrogens with zero attached hydrogens (tertiary/aromatic N) is 1. The minimum Gasteiger partial charge on any atom is -0.496 e. The molecule has 0 bridgehead atoms. The summed E-state index contributed by atoms with van der Waals surface area (Å²) in [7, 11) is 1.66. The van der Waals surface area contributed by atoms with E-state index < -0.39 is 0 Å². The summed E-state index contributed by atoms with van der Waals surface area (Å²) in [6.45, 7) is 5.35. The molecule has 1 aliphatic heterocycles. The molecule has 0 saturated heterocycles. The third-order valence-corrected chi connectivity index (χ3v) is 6.54. The van der Waals surface area contributed by atoms with Crippen LogP contribution in [0.1, 0.15) is 29.2 Å². The first-order valence-electron chi connectivity index (χ1n) is 11.3. The molecule has 166 valence electrons. The summed E-state index contributed by atoms with van der Waals surface area (Å²) in [5.41, 5.74) is 8.20. The van der Waals surface area contributed by atoms with Crippen molar-refractivity contribution >= 4 is 22.4 Å². The fourth-order valence-electron chi connectivity index (χ4n) is 4.75. The molecule has 0 radical (unpaired) electrons. The minimum absolute atomic E-state index is 0.0253. The van der Waals surface area contributed by atoms with Crippen LogP contribution in [0.25, 0.3) is 27.7 Å². The van der Waals surface area contributed by atoms with Gasteiger partial charge in [0.1, 0.15) is 11.3 Å². The summed E-state index contributed by atoms with van der Waals surface area (Å²) in [5.74, 6) is 0.763. The van der Waals surface area contributed by atoms with Gasteiger partial charge in [-0.15, -0.1) is 0 Å². The molecule has 0 unspecified atom stereocenters. The third-order valence-electron chi connectivity index (χ3n) is 6.54. The highest BCUT2D eigenvalue weighted by Gasteiger charge is 2.21. The topological polar surface area (TPSA) is 42.7 Å². The summed E-state index contributed by atoms with van der Waals surface area (Å²) in [4.78, 5) is 15.1. The second-order valence-corrected chi connectivity index (χ2v) is 8.58. The van der Waals surface area contributed by atoms with Crippen LogP contribution in [0.15, 0.2) is 77.4 Å². The predicted octanol–water partition coefficient (Wildman–Crippen LogP) is 6.41. The number of aryl methyl sites for hydroxylation is 1. The van der Waals surface area contributed by atoms with E-state index in [0.29, 0.717) is 6.54 Å². The maximum Gasteiger partial charge on any atom is 0.247 e. The molecule has 5 rings (SSSR count). The first-order valence-corrected chi connectivity index (χ1v) is 11.3. The molecule has 4 aromatic rings. The van der Waals surface area contributed by atoms with E-state index in [2.05, 4.69) is 36.4 Å². The second-order valence-electron chi connectivity index (χ2n) is 8.58. The van der Waals surface area contributed by atoms with Crippen molar-refractivity contribution in [3.8, 4) is 16.9 Å². The van der Waals surface area contributed by atoms with Crippen LogP contribution in [0.4, 0.5) is 0 Å². The lowest BCUT2D eigenvalue weighted by Crippen LogP contribution is -2.34. The summed E-state index contributed by atoms with van der Waals surface area (Å²) < 4.78 is 11.7. The van der Waals surface area contributed by atoms with E-state index in [1.165, 1.54) is 11.1 Å². The smallest absolute Gasteiger partial charge is 0.247 e. The number of amides is 1. The van der Waals surface area contributed by atoms with Crippen molar-refractivity contribution in [3.63, 3.8) is 0 Å². The molecule has 4 nitrogen and oxygen atoms in total. The van der Waals surface area contributed by atoms with Gasteiger partial charge in [0, 0.05) is 41.2 Å². The number of ether oxygens (including phenoxy) is 1. The number of allylic oxidation sites excluding steroid dienone is 1. The third kappa shape index (κ3) is 3.82. The molecule has 0 N–H and O–H groups in total. The van der Waals surface area contributed by atoms with E-state index in [0.717, 1.165) is 57.5 Å². The summed E-state index contributed by atoms with van der Waals surface area (Å²) >= 11 is 0. The molecule has 33 heavy (non-hydrogen) atoms. The number of carbonyl (C=O) groups excluding carboxylic acids is 1. The van der Waals surface area contributed by atoms with Gasteiger partial charge in [0.25, 0.3) is 0 Å². The fourth-order valence-corrected chi connectivity index (χ4v) is 4.75. The molecule has 1 aromatic heterocycles. The highest BCUT2D eigenvalue weighted by Crippen LogP contribution is 2.40. The van der Waals surface area contributed by atoms with Gasteiger partial charge in [-0.05, 0) is 48.6 Å². The van der Waals surface area contributed by atoms with Crippen molar-refractivity contribution in [2.24, 2.45) is 0 Å². The Kier molecular flexibility index (Phi) is 5.51. The Morgan fingerprint density at radius 3 is 2.55 bits per heavy atom. The standard InChI is InChI=1S/C29H27NO3/c1-19(15-27(31)30-14-13-21-9-7-8-12-23(21)17-30)24-16-25-26(22-10-5-4-6-11-22)18-33-29(25)20(2)28(24)32-3/h4-12,15-16,18H,13-14,17H2,1-3H3/b19-15+. The molecule has 0 aliphatic carbocycles. The summed E-state index contributed by atoms with van der Waals surface area (Å²) in [6.07, 6.45) is 4.42. The van der Waals surface area contributed by atoms with E-state index in [1.54, 1.807) is 19.4 Å². The summed E-state index contributed by atoms with van der Waals surface area (Å²) in [6, 6.07) is 20.6. The number of hydrogen-bond acceptors (Lipinski definition) is 3. The largest absolute Gasteiger partial charge is 0.496 e. The zero-order valence-corrected chi connectivity index (χ0v) is 19.2. The number of carbonyl (C=O) groups is 1. The van der Waals surface area contributed by atoms with Gasteiger partial charge in [-0.1, -0.05) is 54.6 Å². The SMILES string of the molecule is COc1c(/C(C)=C/C(=O)N2CCc3ccccc3C2)cc2c(-c3ccccc3)coc2c1C. The first kappa shape index (κ1) is 21.1. The highest BCUT2D eigenvalue weighted by molar-refractivity contribution is 6.01. The van der Waals surface area contributed by atoms with E-state index in [1.807, 2.05) is 43.0 Å². The van der Waals surface area contributed by atoms with Crippen LogP contribution in [-0.4, -0.2) is 24.5 Å². The van der Waals surface area contributed by atoms with Gasteiger partial charge in [-0.3, -0.25) is 4.79 Å². The van der Waals surface area contributed by atoms with Crippen LogP contribution < -0.4 is 4.74 Å². The maximum absolute atomic E-state index is 13.2. The van der Waals surface area contributed by atoms with Crippen molar-refractivity contribution in [2.45, 2.75) is 26.8 Å². The number of rotatable bonds is 4. The molecular weight excluding hydrogens is 410 g/mol. The quantitative estimate of drug-likeness (QED) is 0.347. The van der Waals surface area contributed by atoms with Gasteiger partial charge >= 0.3 is 0 Å². The van der Waals surface area contributed by atoms with Crippen molar-refractivity contribution in [1.29, 1.82) is 0 Å². The lowest BCUT2D eigenvalue weighted by molar-refractivity contribution is -0.126. The zero-order valence-electron chi connectivity index (χ0n) is 19.2. The molecule has 0 fully saturated rings. The van der Waals surface area contributed by atoms with E-state index >= 15 is 0 Å². The van der Waals surface area contributed by atoms with Gasteiger partial charge in [-0.2, -0.15) is 0 Å². The van der Waals surface area contributed by atoms with Gasteiger partial charge < -0.3 is 14.1 Å². The molecule has 3 aromatic carbocycles. The molecule has 1 amide bonds. The van der Waals surface area contributed by atoms with Crippen molar-refractivity contribution in [1.82, 2.24) is 4.90 Å². The highest BCUT2D eigenvalue weighted by atomic mass is 16.5. The monoisotopic (exact) mass is 437 g/mol. The maximum atomic E-state index is 13.2.